The molecule has 0 unspecified atom stereocenters. The van der Waals surface area contributed by atoms with Crippen LogP contribution in [-0.2, 0) is 0 Å². The maximum Gasteiger partial charge on any atom is 0.278 e. The van der Waals surface area contributed by atoms with E-state index in [9.17, 15) is 18.7 Å². The summed E-state index contributed by atoms with van der Waals surface area (Å²) in [6, 6.07) is 17.2. The van der Waals surface area contributed by atoms with Crippen molar-refractivity contribution in [1.29, 1.82) is 0 Å². The van der Waals surface area contributed by atoms with E-state index in [1.165, 1.54) is 0 Å². The van der Waals surface area contributed by atoms with Crippen LogP contribution < -0.4 is 5.43 Å². The highest BCUT2D eigenvalue weighted by atomic mass is 19.3. The van der Waals surface area contributed by atoms with Crippen LogP contribution in [0, 0.1) is 0 Å². The number of pyridine rings is 1. The monoisotopic (exact) mass is 313 g/mol. The molecule has 0 aliphatic heterocycles. The number of aromatic nitrogens is 1. The Balaban J connectivity index is 2.17. The average Bonchev–Trinajstić information content (AvgIpc) is 2.57. The normalized spacial score (nSPS) is 10.9. The molecule has 0 spiro atoms. The molecule has 0 fully saturated rings. The summed E-state index contributed by atoms with van der Waals surface area (Å²) in [4.78, 5) is 11.4. The van der Waals surface area contributed by atoms with Crippen LogP contribution in [0.25, 0.3) is 16.8 Å². The van der Waals surface area contributed by atoms with Crippen LogP contribution in [0.4, 0.5) is 8.78 Å². The number of rotatable bonds is 3. The van der Waals surface area contributed by atoms with Gasteiger partial charge in [-0.05, 0) is 23.3 Å². The number of benzene rings is 2. The van der Waals surface area contributed by atoms with Crippen molar-refractivity contribution in [1.82, 2.24) is 4.57 Å². The molecule has 2 aromatic carbocycles. The van der Waals surface area contributed by atoms with Gasteiger partial charge in [-0.1, -0.05) is 42.5 Å². The van der Waals surface area contributed by atoms with Crippen molar-refractivity contribution >= 4 is 0 Å². The summed E-state index contributed by atoms with van der Waals surface area (Å²) in [6.45, 7) is 0. The number of aromatic hydroxyl groups is 1. The Morgan fingerprint density at radius 2 is 1.61 bits per heavy atom. The zero-order chi connectivity index (χ0) is 16.4. The SMILES string of the molecule is O=c1cc(C(F)F)n(-c2cccc(-c3ccccc3)c2)cc1O. The largest absolute Gasteiger partial charge is 0.503 e. The molecule has 3 aromatic rings. The van der Waals surface area contributed by atoms with E-state index in [-0.39, 0.29) is 0 Å². The molecule has 0 saturated heterocycles. The first kappa shape index (κ1) is 15.0. The smallest absolute Gasteiger partial charge is 0.278 e. The molecule has 1 N–H and O–H groups in total. The Bertz CT molecular complexity index is 889. The van der Waals surface area contributed by atoms with E-state index in [0.717, 1.165) is 28.0 Å². The second-order valence-electron chi connectivity index (χ2n) is 5.03. The fraction of sp³-hybridized carbons (Fsp3) is 0.0556. The first-order valence-corrected chi connectivity index (χ1v) is 6.96. The summed E-state index contributed by atoms with van der Waals surface area (Å²) >= 11 is 0. The van der Waals surface area contributed by atoms with E-state index in [1.54, 1.807) is 18.2 Å². The Kier molecular flexibility index (Phi) is 3.93. The molecular formula is C18H13F2NO2. The fourth-order valence-corrected chi connectivity index (χ4v) is 2.40. The van der Waals surface area contributed by atoms with Gasteiger partial charge in [-0.3, -0.25) is 4.79 Å². The molecule has 5 heteroatoms. The number of hydrogen-bond acceptors (Lipinski definition) is 2. The molecule has 23 heavy (non-hydrogen) atoms. The average molecular weight is 313 g/mol. The minimum Gasteiger partial charge on any atom is -0.503 e. The van der Waals surface area contributed by atoms with Crippen molar-refractivity contribution in [2.24, 2.45) is 0 Å². The molecule has 3 rings (SSSR count). The Morgan fingerprint density at radius 3 is 2.30 bits per heavy atom. The first-order valence-electron chi connectivity index (χ1n) is 6.96. The number of nitrogens with zero attached hydrogens (tertiary/aromatic N) is 1. The highest BCUT2D eigenvalue weighted by Crippen LogP contribution is 2.26. The Labute approximate surface area is 131 Å². The van der Waals surface area contributed by atoms with Crippen molar-refractivity contribution < 1.29 is 13.9 Å². The lowest BCUT2D eigenvalue weighted by Gasteiger charge is -2.14. The van der Waals surface area contributed by atoms with Gasteiger partial charge in [0.25, 0.3) is 6.43 Å². The highest BCUT2D eigenvalue weighted by Gasteiger charge is 2.16. The van der Waals surface area contributed by atoms with Crippen LogP contribution in [0.5, 0.6) is 5.75 Å². The molecule has 0 saturated carbocycles. The van der Waals surface area contributed by atoms with E-state index < -0.39 is 23.3 Å². The molecule has 0 atom stereocenters. The van der Waals surface area contributed by atoms with Crippen molar-refractivity contribution in [2.45, 2.75) is 6.43 Å². The van der Waals surface area contributed by atoms with Crippen LogP contribution in [-0.4, -0.2) is 9.67 Å². The number of hydrogen-bond donors (Lipinski definition) is 1. The maximum atomic E-state index is 13.2. The summed E-state index contributed by atoms with van der Waals surface area (Å²) in [5.74, 6) is -0.570. The second kappa shape index (κ2) is 6.04. The van der Waals surface area contributed by atoms with E-state index in [0.29, 0.717) is 5.69 Å². The Hall–Kier alpha value is -2.95. The zero-order valence-electron chi connectivity index (χ0n) is 12.0. The predicted octanol–water partition coefficient (Wildman–Crippen LogP) is 4.15. The summed E-state index contributed by atoms with van der Waals surface area (Å²) < 4.78 is 27.5. The molecule has 116 valence electrons. The van der Waals surface area contributed by atoms with Crippen LogP contribution >= 0.6 is 0 Å². The van der Waals surface area contributed by atoms with Crippen LogP contribution in [0.15, 0.2) is 71.7 Å². The maximum absolute atomic E-state index is 13.2. The highest BCUT2D eigenvalue weighted by molar-refractivity contribution is 5.66. The van der Waals surface area contributed by atoms with Gasteiger partial charge in [0.1, 0.15) is 0 Å². The van der Waals surface area contributed by atoms with E-state index in [4.69, 9.17) is 0 Å². The molecule has 0 amide bonds. The summed E-state index contributed by atoms with van der Waals surface area (Å²) in [7, 11) is 0. The first-order chi connectivity index (χ1) is 11.1. The minimum absolute atomic E-state index is 0.442. The molecule has 0 aliphatic carbocycles. The summed E-state index contributed by atoms with van der Waals surface area (Å²) in [5.41, 5.74) is 0.949. The molecule has 0 aliphatic rings. The Morgan fingerprint density at radius 1 is 0.913 bits per heavy atom. The third-order valence-electron chi connectivity index (χ3n) is 3.52. The summed E-state index contributed by atoms with van der Waals surface area (Å²) in [6.07, 6.45) is -1.81. The van der Waals surface area contributed by atoms with Crippen LogP contribution in [0.2, 0.25) is 0 Å². The van der Waals surface area contributed by atoms with Crippen molar-refractivity contribution in [3.8, 4) is 22.6 Å². The lowest BCUT2D eigenvalue weighted by molar-refractivity contribution is 0.143. The third kappa shape index (κ3) is 2.99. The van der Waals surface area contributed by atoms with Gasteiger partial charge >= 0.3 is 0 Å². The topological polar surface area (TPSA) is 42.2 Å². The van der Waals surface area contributed by atoms with Gasteiger partial charge < -0.3 is 9.67 Å². The zero-order valence-corrected chi connectivity index (χ0v) is 12.0. The van der Waals surface area contributed by atoms with Crippen molar-refractivity contribution in [3.63, 3.8) is 0 Å². The quantitative estimate of drug-likeness (QED) is 0.789. The van der Waals surface area contributed by atoms with Gasteiger partial charge in [0.15, 0.2) is 5.75 Å². The fourth-order valence-electron chi connectivity index (χ4n) is 2.40. The molecule has 0 radical (unpaired) electrons. The van der Waals surface area contributed by atoms with E-state index >= 15 is 0 Å². The number of alkyl halides is 2. The van der Waals surface area contributed by atoms with E-state index in [2.05, 4.69) is 0 Å². The predicted molar refractivity (Wildman–Crippen MR) is 84.1 cm³/mol. The minimum atomic E-state index is -2.83. The summed E-state index contributed by atoms with van der Waals surface area (Å²) in [5, 5.41) is 9.58. The molecule has 1 heterocycles. The van der Waals surface area contributed by atoms with Gasteiger partial charge in [0, 0.05) is 11.8 Å². The molecule has 0 bridgehead atoms. The number of halogens is 2. The van der Waals surface area contributed by atoms with Gasteiger partial charge in [0.05, 0.1) is 11.9 Å². The molecular weight excluding hydrogens is 300 g/mol. The lowest BCUT2D eigenvalue weighted by atomic mass is 10.1. The van der Waals surface area contributed by atoms with Gasteiger partial charge in [-0.15, -0.1) is 0 Å². The van der Waals surface area contributed by atoms with Gasteiger partial charge in [-0.2, -0.15) is 0 Å². The van der Waals surface area contributed by atoms with Gasteiger partial charge in [0.2, 0.25) is 5.43 Å². The molecule has 3 nitrogen and oxygen atoms in total. The van der Waals surface area contributed by atoms with Gasteiger partial charge in [-0.25, -0.2) is 8.78 Å². The van der Waals surface area contributed by atoms with Crippen LogP contribution in [0.1, 0.15) is 12.1 Å². The molecule has 1 aromatic heterocycles. The van der Waals surface area contributed by atoms with E-state index in [1.807, 2.05) is 36.4 Å². The third-order valence-corrected chi connectivity index (χ3v) is 3.52. The van der Waals surface area contributed by atoms with Crippen molar-refractivity contribution in [3.05, 3.63) is 82.8 Å². The van der Waals surface area contributed by atoms with Crippen LogP contribution in [0.3, 0.4) is 0 Å². The second-order valence-corrected chi connectivity index (χ2v) is 5.03. The lowest BCUT2D eigenvalue weighted by Crippen LogP contribution is -2.11. The standard InChI is InChI=1S/C18H13F2NO2/c19-18(20)15-10-16(22)17(23)11-21(15)14-8-4-7-13(9-14)12-5-2-1-3-6-12/h1-11,18,23H. The van der Waals surface area contributed by atoms with Crippen molar-refractivity contribution in [2.75, 3.05) is 0 Å².